The maximum Gasteiger partial charge on any atom is 0.334 e. The number of hydrogen-bond donors (Lipinski definition) is 0. The third kappa shape index (κ3) is 2.45. The molecule has 0 N–H and O–H groups in total. The Kier molecular flexibility index (Phi) is 3.50. The molecule has 1 aliphatic carbocycles. The van der Waals surface area contributed by atoms with Gasteiger partial charge in [0, 0.05) is 20.0 Å². The highest BCUT2D eigenvalue weighted by atomic mass is 16.8. The molecule has 4 atom stereocenters. The molecule has 0 aromatic rings. The minimum Gasteiger partial charge on any atom is -0.488 e. The molecule has 0 spiro atoms. The summed E-state index contributed by atoms with van der Waals surface area (Å²) in [7, 11) is 1.63. The molecule has 0 radical (unpaired) electrons. The minimum atomic E-state index is -0.623. The van der Waals surface area contributed by atoms with Gasteiger partial charge in [-0.15, -0.1) is 0 Å². The summed E-state index contributed by atoms with van der Waals surface area (Å²) in [6, 6.07) is 0. The van der Waals surface area contributed by atoms with Crippen molar-refractivity contribution in [3.05, 3.63) is 11.8 Å². The molecule has 1 saturated carbocycles. The summed E-state index contributed by atoms with van der Waals surface area (Å²) < 4.78 is 28.5. The molecule has 0 aromatic heterocycles. The second-order valence-corrected chi connectivity index (χ2v) is 6.16. The molecule has 2 saturated heterocycles. The van der Waals surface area contributed by atoms with Crippen molar-refractivity contribution in [3.63, 3.8) is 0 Å². The summed E-state index contributed by atoms with van der Waals surface area (Å²) in [5, 5.41) is 0. The van der Waals surface area contributed by atoms with Gasteiger partial charge in [-0.25, -0.2) is 4.79 Å². The molecule has 3 rings (SSSR count). The van der Waals surface area contributed by atoms with Crippen LogP contribution < -0.4 is 0 Å². The van der Waals surface area contributed by atoms with Gasteiger partial charge < -0.3 is 23.7 Å². The molecular weight excluding hydrogens is 276 g/mol. The first-order chi connectivity index (χ1) is 9.89. The Morgan fingerprint density at radius 3 is 2.71 bits per heavy atom. The van der Waals surface area contributed by atoms with Crippen molar-refractivity contribution in [2.24, 2.45) is 0 Å². The van der Waals surface area contributed by atoms with E-state index in [0.717, 1.165) is 0 Å². The van der Waals surface area contributed by atoms with E-state index >= 15 is 0 Å². The first-order valence-electron chi connectivity index (χ1n) is 7.35. The lowest BCUT2D eigenvalue weighted by molar-refractivity contribution is -0.156. The summed E-state index contributed by atoms with van der Waals surface area (Å²) in [5.41, 5.74) is -0.623. The van der Waals surface area contributed by atoms with Gasteiger partial charge in [-0.1, -0.05) is 0 Å². The van der Waals surface area contributed by atoms with Crippen molar-refractivity contribution >= 4 is 5.97 Å². The minimum absolute atomic E-state index is 0.0909. The lowest BCUT2D eigenvalue weighted by atomic mass is 9.81. The zero-order chi connectivity index (χ0) is 15.3. The van der Waals surface area contributed by atoms with Crippen LogP contribution in [0.25, 0.3) is 0 Å². The topological polar surface area (TPSA) is 63.2 Å². The Morgan fingerprint density at radius 2 is 2.05 bits per heavy atom. The molecule has 0 aromatic carbocycles. The van der Waals surface area contributed by atoms with E-state index in [-0.39, 0.29) is 18.3 Å². The van der Waals surface area contributed by atoms with E-state index in [4.69, 9.17) is 23.7 Å². The van der Waals surface area contributed by atoms with Crippen molar-refractivity contribution < 1.29 is 28.5 Å². The van der Waals surface area contributed by atoms with E-state index in [1.54, 1.807) is 14.0 Å². The second-order valence-electron chi connectivity index (χ2n) is 6.16. The van der Waals surface area contributed by atoms with Crippen LogP contribution in [0.4, 0.5) is 0 Å². The normalized spacial score (nSPS) is 41.7. The van der Waals surface area contributed by atoms with Crippen LogP contribution in [0.5, 0.6) is 0 Å². The predicted octanol–water partition coefficient (Wildman–Crippen LogP) is 1.53. The van der Waals surface area contributed by atoms with Gasteiger partial charge in [-0.05, 0) is 20.8 Å². The van der Waals surface area contributed by atoms with Crippen LogP contribution in [-0.4, -0.2) is 49.4 Å². The van der Waals surface area contributed by atoms with Gasteiger partial charge in [0.2, 0.25) is 0 Å². The van der Waals surface area contributed by atoms with Crippen LogP contribution in [0, 0.1) is 0 Å². The molecule has 0 amide bonds. The molecule has 3 aliphatic rings. The monoisotopic (exact) mass is 298 g/mol. The van der Waals surface area contributed by atoms with Gasteiger partial charge >= 0.3 is 5.97 Å². The highest BCUT2D eigenvalue weighted by Gasteiger charge is 2.61. The quantitative estimate of drug-likeness (QED) is 0.581. The van der Waals surface area contributed by atoms with E-state index in [2.05, 4.69) is 0 Å². The van der Waals surface area contributed by atoms with Crippen LogP contribution in [-0.2, 0) is 28.5 Å². The van der Waals surface area contributed by atoms with E-state index in [0.29, 0.717) is 25.2 Å². The van der Waals surface area contributed by atoms with Gasteiger partial charge in [0.15, 0.2) is 5.79 Å². The summed E-state index contributed by atoms with van der Waals surface area (Å²) in [6.45, 7) is 5.89. The van der Waals surface area contributed by atoms with Gasteiger partial charge in [0.05, 0.1) is 18.8 Å². The van der Waals surface area contributed by atoms with Gasteiger partial charge in [0.25, 0.3) is 0 Å². The Labute approximate surface area is 124 Å². The number of esters is 1. The third-order valence-electron chi connectivity index (χ3n) is 4.30. The Bertz CT molecular complexity index is 471. The highest BCUT2D eigenvalue weighted by molar-refractivity contribution is 5.83. The summed E-state index contributed by atoms with van der Waals surface area (Å²) in [4.78, 5) is 11.7. The molecule has 6 heteroatoms. The van der Waals surface area contributed by atoms with Crippen molar-refractivity contribution in [3.8, 4) is 0 Å². The number of carbonyl (C=O) groups is 1. The fourth-order valence-electron chi connectivity index (χ4n) is 3.49. The van der Waals surface area contributed by atoms with Crippen LogP contribution >= 0.6 is 0 Å². The maximum absolute atomic E-state index is 11.7. The fourth-order valence-corrected chi connectivity index (χ4v) is 3.49. The zero-order valence-electron chi connectivity index (χ0n) is 12.9. The summed E-state index contributed by atoms with van der Waals surface area (Å²) >= 11 is 0. The standard InChI is InChI=1S/C15H22O6/c1-5-18-12(16)6-11-15(17-4)7-9(19-11)13-10(8-15)20-14(2,3)21-13/h6,9-10,13H,5,7-8H2,1-4H3/b11-6+/t9-,10-,13+,15-/m1/s1. The molecule has 3 fully saturated rings. The molecular formula is C15H22O6. The van der Waals surface area contributed by atoms with Gasteiger partial charge in [0.1, 0.15) is 23.6 Å². The Morgan fingerprint density at radius 1 is 1.33 bits per heavy atom. The number of fused-ring (bicyclic) bond motifs is 4. The second kappa shape index (κ2) is 4.97. The Balaban J connectivity index is 1.85. The molecule has 2 bridgehead atoms. The molecule has 21 heavy (non-hydrogen) atoms. The molecule has 2 heterocycles. The van der Waals surface area contributed by atoms with E-state index < -0.39 is 17.4 Å². The largest absolute Gasteiger partial charge is 0.488 e. The third-order valence-corrected chi connectivity index (χ3v) is 4.30. The van der Waals surface area contributed by atoms with Crippen molar-refractivity contribution in [1.82, 2.24) is 0 Å². The molecule has 6 nitrogen and oxygen atoms in total. The average molecular weight is 298 g/mol. The first kappa shape index (κ1) is 14.8. The van der Waals surface area contributed by atoms with Crippen LogP contribution in [0.1, 0.15) is 33.6 Å². The van der Waals surface area contributed by atoms with Gasteiger partial charge in [-0.2, -0.15) is 0 Å². The van der Waals surface area contributed by atoms with E-state index in [9.17, 15) is 4.79 Å². The van der Waals surface area contributed by atoms with Crippen LogP contribution in [0.2, 0.25) is 0 Å². The predicted molar refractivity (Wildman–Crippen MR) is 72.4 cm³/mol. The molecule has 0 unspecified atom stereocenters. The first-order valence-corrected chi connectivity index (χ1v) is 7.35. The molecule has 118 valence electrons. The smallest absolute Gasteiger partial charge is 0.334 e. The van der Waals surface area contributed by atoms with E-state index in [1.165, 1.54) is 6.08 Å². The van der Waals surface area contributed by atoms with E-state index in [1.807, 2.05) is 13.8 Å². The fraction of sp³-hybridized carbons (Fsp3) is 0.800. The number of hydrogen-bond acceptors (Lipinski definition) is 6. The van der Waals surface area contributed by atoms with Crippen molar-refractivity contribution in [1.29, 1.82) is 0 Å². The summed E-state index contributed by atoms with van der Waals surface area (Å²) in [5.74, 6) is -0.500. The lowest BCUT2D eigenvalue weighted by Crippen LogP contribution is -2.46. The number of ether oxygens (including phenoxy) is 5. The van der Waals surface area contributed by atoms with Crippen LogP contribution in [0.3, 0.4) is 0 Å². The highest BCUT2D eigenvalue weighted by Crippen LogP contribution is 2.51. The number of rotatable bonds is 3. The van der Waals surface area contributed by atoms with Crippen LogP contribution in [0.15, 0.2) is 11.8 Å². The lowest BCUT2D eigenvalue weighted by Gasteiger charge is -2.33. The molecule has 2 aliphatic heterocycles. The Hall–Kier alpha value is -1.11. The average Bonchev–Trinajstić information content (AvgIpc) is 2.87. The van der Waals surface area contributed by atoms with Crippen molar-refractivity contribution in [2.75, 3.05) is 13.7 Å². The maximum atomic E-state index is 11.7. The number of carbonyl (C=O) groups excluding carboxylic acids is 1. The SMILES string of the molecule is CCOC(=O)/C=C1/O[C@@H]2C[C@@]1(OC)C[C@H]1OC(C)(C)O[C@@H]21. The zero-order valence-corrected chi connectivity index (χ0v) is 12.9. The summed E-state index contributed by atoms with van der Waals surface area (Å²) in [6.07, 6.45) is 2.28. The van der Waals surface area contributed by atoms with Crippen molar-refractivity contribution in [2.45, 2.75) is 63.3 Å². The number of methoxy groups -OCH3 is 1. The van der Waals surface area contributed by atoms with Gasteiger partial charge in [-0.3, -0.25) is 0 Å².